The topological polar surface area (TPSA) is 96.5 Å². The van der Waals surface area contributed by atoms with Crippen molar-refractivity contribution in [3.63, 3.8) is 0 Å². The van der Waals surface area contributed by atoms with Crippen LogP contribution in [0.1, 0.15) is 69.9 Å². The van der Waals surface area contributed by atoms with Gasteiger partial charge in [-0.1, -0.05) is 0 Å². The van der Waals surface area contributed by atoms with E-state index in [-0.39, 0.29) is 17.9 Å². The lowest BCUT2D eigenvalue weighted by Gasteiger charge is -2.39. The van der Waals surface area contributed by atoms with Crippen LogP contribution in [0.3, 0.4) is 0 Å². The average molecular weight is 536 g/mol. The highest BCUT2D eigenvalue weighted by Crippen LogP contribution is 2.35. The van der Waals surface area contributed by atoms with Crippen molar-refractivity contribution in [3.8, 4) is 0 Å². The summed E-state index contributed by atoms with van der Waals surface area (Å²) >= 11 is 1.71. The molecule has 2 atom stereocenters. The normalized spacial score (nSPS) is 16.0. The second-order valence-corrected chi connectivity index (χ2v) is 10.7. The summed E-state index contributed by atoms with van der Waals surface area (Å²) < 4.78 is 4.82. The van der Waals surface area contributed by atoms with Crippen molar-refractivity contribution in [3.05, 3.63) is 75.5 Å². The Morgan fingerprint density at radius 1 is 1.11 bits per heavy atom. The smallest absolute Gasteiger partial charge is 0.337 e. The number of amides is 1. The molecule has 202 valence electrons. The number of nitrogens with zero attached hydrogens (tertiary/aromatic N) is 3. The minimum atomic E-state index is -0.327. The van der Waals surface area contributed by atoms with Gasteiger partial charge < -0.3 is 20.3 Å². The van der Waals surface area contributed by atoms with E-state index in [1.807, 2.05) is 26.0 Å². The molecule has 3 heterocycles. The molecule has 1 unspecified atom stereocenters. The lowest BCUT2D eigenvalue weighted by molar-refractivity contribution is 0.0600. The molecule has 0 saturated carbocycles. The molecular weight excluding hydrogens is 498 g/mol. The second kappa shape index (κ2) is 13.0. The van der Waals surface area contributed by atoms with Crippen LogP contribution >= 0.6 is 11.3 Å². The SMILES string of the molecule is COC(=O)c1ccc(NC(c2ccsc2)C2CCN([C@H](C)CCNC(=O)c3c(C)ncnc3C)CC2)cc1. The number of benzene rings is 1. The molecule has 0 radical (unpaired) electrons. The van der Waals surface area contributed by atoms with E-state index in [2.05, 4.69) is 49.3 Å². The van der Waals surface area contributed by atoms with Crippen LogP contribution in [0.2, 0.25) is 0 Å². The monoisotopic (exact) mass is 535 g/mol. The number of nitrogens with one attached hydrogen (secondary N) is 2. The molecule has 8 nitrogen and oxygen atoms in total. The Kier molecular flexibility index (Phi) is 9.47. The lowest BCUT2D eigenvalue weighted by atomic mass is 9.85. The van der Waals surface area contributed by atoms with Crippen LogP contribution in [-0.4, -0.2) is 59.5 Å². The van der Waals surface area contributed by atoms with E-state index in [9.17, 15) is 9.59 Å². The summed E-state index contributed by atoms with van der Waals surface area (Å²) in [7, 11) is 1.40. The van der Waals surface area contributed by atoms with Crippen LogP contribution < -0.4 is 10.6 Å². The third-order valence-electron chi connectivity index (χ3n) is 7.50. The summed E-state index contributed by atoms with van der Waals surface area (Å²) in [6.45, 7) is 8.58. The maximum atomic E-state index is 12.7. The molecule has 38 heavy (non-hydrogen) atoms. The van der Waals surface area contributed by atoms with E-state index >= 15 is 0 Å². The molecule has 1 saturated heterocycles. The van der Waals surface area contributed by atoms with Crippen LogP contribution in [0.15, 0.2) is 47.4 Å². The van der Waals surface area contributed by atoms with Crippen LogP contribution in [0.5, 0.6) is 0 Å². The first kappa shape index (κ1) is 27.7. The molecule has 2 aromatic heterocycles. The molecule has 0 aliphatic carbocycles. The average Bonchev–Trinajstić information content (AvgIpc) is 3.46. The van der Waals surface area contributed by atoms with Gasteiger partial charge in [-0.2, -0.15) is 11.3 Å². The number of ether oxygens (including phenoxy) is 1. The zero-order chi connectivity index (χ0) is 27.1. The molecule has 1 fully saturated rings. The third-order valence-corrected chi connectivity index (χ3v) is 8.20. The minimum absolute atomic E-state index is 0.101. The number of hydrogen-bond acceptors (Lipinski definition) is 8. The number of esters is 1. The van der Waals surface area contributed by atoms with Crippen molar-refractivity contribution in [2.45, 2.75) is 52.1 Å². The van der Waals surface area contributed by atoms with Crippen LogP contribution in [0.4, 0.5) is 5.69 Å². The summed E-state index contributed by atoms with van der Waals surface area (Å²) in [5.41, 5.74) is 4.84. The highest BCUT2D eigenvalue weighted by molar-refractivity contribution is 7.08. The Balaban J connectivity index is 1.30. The highest BCUT2D eigenvalue weighted by atomic mass is 32.1. The van der Waals surface area contributed by atoms with E-state index in [1.165, 1.54) is 19.0 Å². The number of aromatic nitrogens is 2. The van der Waals surface area contributed by atoms with Gasteiger partial charge in [0.1, 0.15) is 6.33 Å². The zero-order valence-electron chi connectivity index (χ0n) is 22.6. The van der Waals surface area contributed by atoms with Crippen molar-refractivity contribution in [2.24, 2.45) is 5.92 Å². The molecule has 1 aliphatic rings. The van der Waals surface area contributed by atoms with Gasteiger partial charge in [0.15, 0.2) is 0 Å². The number of rotatable bonds is 10. The first-order valence-corrected chi connectivity index (χ1v) is 14.1. The molecule has 1 aromatic carbocycles. The molecule has 0 bridgehead atoms. The van der Waals surface area contributed by atoms with E-state index < -0.39 is 0 Å². The van der Waals surface area contributed by atoms with Crippen LogP contribution in [0.25, 0.3) is 0 Å². The number of likely N-dealkylation sites (tertiary alicyclic amines) is 1. The third kappa shape index (κ3) is 6.76. The molecular formula is C29H37N5O3S. The Morgan fingerprint density at radius 3 is 2.39 bits per heavy atom. The standard InChI is InChI=1S/C29H37N5O3S/c1-19(9-13-30-28(35)26-20(2)31-18-32-21(26)3)34-14-10-22(11-15-34)27(24-12-16-38-17-24)33-25-7-5-23(6-8-25)29(36)37-4/h5-8,12,16-19,22,27,33H,9-11,13-15H2,1-4H3,(H,30,35)/t19-,27?/m1/s1. The van der Waals surface area contributed by atoms with Crippen molar-refractivity contribution < 1.29 is 14.3 Å². The van der Waals surface area contributed by atoms with Gasteiger partial charge in [-0.3, -0.25) is 4.79 Å². The van der Waals surface area contributed by atoms with Gasteiger partial charge in [0.25, 0.3) is 5.91 Å². The molecule has 2 N–H and O–H groups in total. The van der Waals surface area contributed by atoms with Gasteiger partial charge in [-0.25, -0.2) is 14.8 Å². The van der Waals surface area contributed by atoms with Gasteiger partial charge in [-0.05, 0) is 106 Å². The maximum Gasteiger partial charge on any atom is 0.337 e. The van der Waals surface area contributed by atoms with E-state index in [0.717, 1.165) is 38.0 Å². The first-order valence-electron chi connectivity index (χ1n) is 13.1. The number of hydrogen-bond donors (Lipinski definition) is 2. The summed E-state index contributed by atoms with van der Waals surface area (Å²) in [6.07, 6.45) is 4.56. The van der Waals surface area contributed by atoms with E-state index in [0.29, 0.717) is 41.0 Å². The summed E-state index contributed by atoms with van der Waals surface area (Å²) in [6, 6.07) is 10.3. The number of piperidine rings is 1. The number of carbonyl (C=O) groups excluding carboxylic acids is 2. The van der Waals surface area contributed by atoms with Gasteiger partial charge in [0, 0.05) is 18.3 Å². The van der Waals surface area contributed by atoms with E-state index in [4.69, 9.17) is 4.74 Å². The number of carbonyl (C=O) groups is 2. The van der Waals surface area contributed by atoms with Crippen LogP contribution in [-0.2, 0) is 4.74 Å². The van der Waals surface area contributed by atoms with Gasteiger partial charge in [-0.15, -0.1) is 0 Å². The van der Waals surface area contributed by atoms with Gasteiger partial charge in [0.2, 0.25) is 0 Å². The molecule has 3 aromatic rings. The Morgan fingerprint density at radius 2 is 1.79 bits per heavy atom. The molecule has 1 amide bonds. The fraction of sp³-hybridized carbons (Fsp3) is 0.448. The largest absolute Gasteiger partial charge is 0.465 e. The minimum Gasteiger partial charge on any atom is -0.465 e. The quantitative estimate of drug-likeness (QED) is 0.352. The summed E-state index contributed by atoms with van der Waals surface area (Å²) in [5, 5.41) is 11.1. The van der Waals surface area contributed by atoms with Crippen LogP contribution in [0, 0.1) is 19.8 Å². The predicted octanol–water partition coefficient (Wildman–Crippen LogP) is 5.02. The molecule has 1 aliphatic heterocycles. The number of aryl methyl sites for hydroxylation is 2. The number of methoxy groups -OCH3 is 1. The molecule has 9 heteroatoms. The second-order valence-electron chi connectivity index (χ2n) is 9.93. The van der Waals surface area contributed by atoms with Gasteiger partial charge in [0.05, 0.1) is 35.7 Å². The highest BCUT2D eigenvalue weighted by Gasteiger charge is 2.29. The van der Waals surface area contributed by atoms with Crippen molar-refractivity contribution >= 4 is 28.9 Å². The Bertz CT molecular complexity index is 1190. The summed E-state index contributed by atoms with van der Waals surface area (Å²) in [5.74, 6) is 0.0687. The maximum absolute atomic E-state index is 12.7. The van der Waals surface area contributed by atoms with Crippen molar-refractivity contribution in [1.82, 2.24) is 20.2 Å². The number of anilines is 1. The Hall–Kier alpha value is -3.30. The lowest BCUT2D eigenvalue weighted by Crippen LogP contribution is -2.43. The molecule has 4 rings (SSSR count). The Labute approximate surface area is 228 Å². The predicted molar refractivity (Wildman–Crippen MR) is 151 cm³/mol. The van der Waals surface area contributed by atoms with Crippen molar-refractivity contribution in [2.75, 3.05) is 32.1 Å². The van der Waals surface area contributed by atoms with E-state index in [1.54, 1.807) is 23.5 Å². The zero-order valence-corrected chi connectivity index (χ0v) is 23.4. The summed E-state index contributed by atoms with van der Waals surface area (Å²) in [4.78, 5) is 35.3. The van der Waals surface area contributed by atoms with Crippen molar-refractivity contribution in [1.29, 1.82) is 0 Å². The fourth-order valence-electron chi connectivity index (χ4n) is 5.21. The van der Waals surface area contributed by atoms with Gasteiger partial charge >= 0.3 is 5.97 Å². The fourth-order valence-corrected chi connectivity index (χ4v) is 5.90. The molecule has 0 spiro atoms. The number of thiophene rings is 1. The first-order chi connectivity index (χ1) is 18.4.